The fraction of sp³-hybridized carbons (Fsp3) is 0.333. The topological polar surface area (TPSA) is 67.9 Å². The zero-order chi connectivity index (χ0) is 20.5. The Morgan fingerprint density at radius 3 is 2.54 bits per heavy atom. The molecule has 0 unspecified atom stereocenters. The van der Waals surface area contributed by atoms with Gasteiger partial charge in [0.1, 0.15) is 17.5 Å². The monoisotopic (exact) mass is 404 g/mol. The van der Waals surface area contributed by atoms with E-state index in [2.05, 4.69) is 5.32 Å². The summed E-state index contributed by atoms with van der Waals surface area (Å²) < 4.78 is 10.8. The maximum atomic E-state index is 12.9. The number of hydrogen-bond donors (Lipinski definition) is 1. The molecule has 0 saturated carbocycles. The van der Waals surface area contributed by atoms with Gasteiger partial charge in [0.25, 0.3) is 5.91 Å². The van der Waals surface area contributed by atoms with Gasteiger partial charge in [-0.25, -0.2) is 0 Å². The summed E-state index contributed by atoms with van der Waals surface area (Å²) >= 11 is 5.95. The quantitative estimate of drug-likeness (QED) is 0.696. The predicted octanol–water partition coefficient (Wildman–Crippen LogP) is 3.28. The average Bonchev–Trinajstić information content (AvgIpc) is 2.70. The van der Waals surface area contributed by atoms with Crippen molar-refractivity contribution in [3.8, 4) is 11.5 Å². The van der Waals surface area contributed by atoms with Gasteiger partial charge in [0.2, 0.25) is 5.91 Å². The number of nitrogens with one attached hydrogen (secondary N) is 1. The van der Waals surface area contributed by atoms with E-state index < -0.39 is 6.04 Å². The van der Waals surface area contributed by atoms with Crippen LogP contribution in [0.15, 0.2) is 48.5 Å². The molecule has 0 bridgehead atoms. The van der Waals surface area contributed by atoms with Crippen molar-refractivity contribution in [1.82, 2.24) is 10.2 Å². The first kappa shape index (κ1) is 21.6. The Labute approximate surface area is 170 Å². The number of amides is 2. The number of nitrogens with zero attached hydrogens (tertiary/aromatic N) is 1. The number of carbonyl (C=O) groups is 2. The number of methoxy groups -OCH3 is 1. The Balaban J connectivity index is 2.15. The molecule has 2 aromatic carbocycles. The molecule has 0 spiro atoms. The lowest BCUT2D eigenvalue weighted by Gasteiger charge is -2.28. The summed E-state index contributed by atoms with van der Waals surface area (Å²) in [6.45, 7) is 4.08. The van der Waals surface area contributed by atoms with Crippen LogP contribution in [0.4, 0.5) is 0 Å². The van der Waals surface area contributed by atoms with Crippen molar-refractivity contribution in [2.75, 3.05) is 20.3 Å². The van der Waals surface area contributed by atoms with Gasteiger partial charge < -0.3 is 19.7 Å². The van der Waals surface area contributed by atoms with E-state index in [9.17, 15) is 9.59 Å². The molecule has 1 atom stereocenters. The number of hydrogen-bond acceptors (Lipinski definition) is 4. The van der Waals surface area contributed by atoms with Crippen molar-refractivity contribution in [1.29, 1.82) is 0 Å². The molecule has 0 heterocycles. The second-order valence-electron chi connectivity index (χ2n) is 6.19. The van der Waals surface area contributed by atoms with Crippen LogP contribution < -0.4 is 14.8 Å². The molecule has 0 aliphatic carbocycles. The van der Waals surface area contributed by atoms with Crippen LogP contribution in [0.1, 0.15) is 19.4 Å². The van der Waals surface area contributed by atoms with Crippen molar-refractivity contribution in [3.05, 3.63) is 59.1 Å². The second kappa shape index (κ2) is 10.6. The molecule has 2 aromatic rings. The summed E-state index contributed by atoms with van der Waals surface area (Å²) in [6.07, 6.45) is 0. The maximum Gasteiger partial charge on any atom is 0.261 e. The molecular weight excluding hydrogens is 380 g/mol. The lowest BCUT2D eigenvalue weighted by molar-refractivity contribution is -0.142. The molecule has 1 N–H and O–H groups in total. The highest BCUT2D eigenvalue weighted by Crippen LogP contribution is 2.19. The molecule has 0 saturated heterocycles. The van der Waals surface area contributed by atoms with Gasteiger partial charge in [0.05, 0.1) is 7.11 Å². The van der Waals surface area contributed by atoms with Crippen LogP contribution in [-0.2, 0) is 16.1 Å². The first-order valence-corrected chi connectivity index (χ1v) is 9.40. The second-order valence-corrected chi connectivity index (χ2v) is 6.63. The normalized spacial score (nSPS) is 11.4. The molecule has 0 aliphatic heterocycles. The minimum Gasteiger partial charge on any atom is -0.497 e. The third kappa shape index (κ3) is 6.16. The first-order chi connectivity index (χ1) is 13.4. The van der Waals surface area contributed by atoms with Crippen molar-refractivity contribution >= 4 is 23.4 Å². The van der Waals surface area contributed by atoms with Crippen LogP contribution in [0.2, 0.25) is 5.02 Å². The maximum absolute atomic E-state index is 12.9. The van der Waals surface area contributed by atoms with E-state index in [0.29, 0.717) is 23.1 Å². The van der Waals surface area contributed by atoms with Crippen LogP contribution in [0, 0.1) is 0 Å². The van der Waals surface area contributed by atoms with Crippen LogP contribution in [0.25, 0.3) is 0 Å². The Hall–Kier alpha value is -2.73. The third-order valence-corrected chi connectivity index (χ3v) is 4.40. The molecule has 7 heteroatoms. The molecule has 0 aliphatic rings. The van der Waals surface area contributed by atoms with E-state index in [-0.39, 0.29) is 25.0 Å². The van der Waals surface area contributed by atoms with Crippen molar-refractivity contribution < 1.29 is 19.1 Å². The van der Waals surface area contributed by atoms with Crippen LogP contribution in [-0.4, -0.2) is 43.0 Å². The highest BCUT2D eigenvalue weighted by Gasteiger charge is 2.26. The van der Waals surface area contributed by atoms with E-state index in [1.165, 1.54) is 4.90 Å². The zero-order valence-electron chi connectivity index (χ0n) is 16.3. The molecule has 0 fully saturated rings. The van der Waals surface area contributed by atoms with Gasteiger partial charge in [-0.15, -0.1) is 0 Å². The van der Waals surface area contributed by atoms with E-state index in [4.69, 9.17) is 21.1 Å². The first-order valence-electron chi connectivity index (χ1n) is 9.03. The average molecular weight is 405 g/mol. The Bertz CT molecular complexity index is 812. The molecule has 0 aromatic heterocycles. The highest BCUT2D eigenvalue weighted by atomic mass is 35.5. The number of likely N-dealkylation sites (N-methyl/N-ethyl adjacent to an activating group) is 1. The number of halogens is 1. The lowest BCUT2D eigenvalue weighted by atomic mass is 10.1. The predicted molar refractivity (Wildman–Crippen MR) is 109 cm³/mol. The minimum absolute atomic E-state index is 0.200. The smallest absolute Gasteiger partial charge is 0.261 e. The van der Waals surface area contributed by atoms with E-state index in [0.717, 1.165) is 5.56 Å². The number of ether oxygens (including phenoxy) is 2. The summed E-state index contributed by atoms with van der Waals surface area (Å²) in [5, 5.41) is 3.28. The van der Waals surface area contributed by atoms with Crippen LogP contribution in [0.5, 0.6) is 11.5 Å². The summed E-state index contributed by atoms with van der Waals surface area (Å²) in [6, 6.07) is 13.6. The van der Waals surface area contributed by atoms with Crippen molar-refractivity contribution in [2.45, 2.75) is 26.4 Å². The van der Waals surface area contributed by atoms with Gasteiger partial charge in [-0.1, -0.05) is 29.8 Å². The summed E-state index contributed by atoms with van der Waals surface area (Å²) in [7, 11) is 1.58. The van der Waals surface area contributed by atoms with Gasteiger partial charge in [-0.3, -0.25) is 9.59 Å². The zero-order valence-corrected chi connectivity index (χ0v) is 17.0. The number of carbonyl (C=O) groups excluding carboxylic acids is 2. The van der Waals surface area contributed by atoms with E-state index in [1.54, 1.807) is 38.3 Å². The summed E-state index contributed by atoms with van der Waals surface area (Å²) in [5.41, 5.74) is 0.853. The van der Waals surface area contributed by atoms with Gasteiger partial charge in [0.15, 0.2) is 6.61 Å². The van der Waals surface area contributed by atoms with Gasteiger partial charge >= 0.3 is 0 Å². The molecular formula is C21H25ClN2O4. The molecule has 0 radical (unpaired) electrons. The fourth-order valence-corrected chi connectivity index (χ4v) is 2.84. The third-order valence-electron chi connectivity index (χ3n) is 4.16. The van der Waals surface area contributed by atoms with Crippen molar-refractivity contribution in [3.63, 3.8) is 0 Å². The molecule has 2 amide bonds. The number of benzene rings is 2. The fourth-order valence-electron chi connectivity index (χ4n) is 2.66. The highest BCUT2D eigenvalue weighted by molar-refractivity contribution is 6.30. The standard InChI is InChI=1S/C21H25ClN2O4/c1-4-23-21(26)15(2)24(13-16-7-5-9-18(11-16)27-3)20(25)14-28-19-10-6-8-17(22)12-19/h5-12,15H,4,13-14H2,1-3H3,(H,23,26)/t15-/m0/s1. The SMILES string of the molecule is CCNC(=O)[C@H](C)N(Cc1cccc(OC)c1)C(=O)COc1cccc(Cl)c1. The molecule has 28 heavy (non-hydrogen) atoms. The molecule has 2 rings (SSSR count). The largest absolute Gasteiger partial charge is 0.497 e. The summed E-state index contributed by atoms with van der Waals surface area (Å²) in [5.74, 6) is 0.654. The summed E-state index contributed by atoms with van der Waals surface area (Å²) in [4.78, 5) is 26.7. The van der Waals surface area contributed by atoms with Gasteiger partial charge in [-0.2, -0.15) is 0 Å². The Morgan fingerprint density at radius 2 is 1.86 bits per heavy atom. The van der Waals surface area contributed by atoms with Gasteiger partial charge in [0, 0.05) is 18.1 Å². The Morgan fingerprint density at radius 1 is 1.14 bits per heavy atom. The molecule has 6 nitrogen and oxygen atoms in total. The lowest BCUT2D eigenvalue weighted by Crippen LogP contribution is -2.49. The van der Waals surface area contributed by atoms with Crippen LogP contribution >= 0.6 is 11.6 Å². The van der Waals surface area contributed by atoms with Crippen molar-refractivity contribution in [2.24, 2.45) is 0 Å². The van der Waals surface area contributed by atoms with Gasteiger partial charge in [-0.05, 0) is 49.7 Å². The Kier molecular flexibility index (Phi) is 8.14. The number of rotatable bonds is 9. The van der Waals surface area contributed by atoms with Crippen LogP contribution in [0.3, 0.4) is 0 Å². The minimum atomic E-state index is -0.651. The van der Waals surface area contributed by atoms with E-state index in [1.807, 2.05) is 31.2 Å². The molecule has 150 valence electrons. The van der Waals surface area contributed by atoms with E-state index >= 15 is 0 Å².